The molecule has 0 saturated carbocycles. The molecule has 0 bridgehead atoms. The van der Waals surface area contributed by atoms with Crippen LogP contribution in [0.1, 0.15) is 17.5 Å². The zero-order valence-corrected chi connectivity index (χ0v) is 12.4. The number of nitrogens with zero attached hydrogens (tertiary/aromatic N) is 1. The van der Waals surface area contributed by atoms with Crippen LogP contribution in [0.4, 0.5) is 4.39 Å². The number of methoxy groups -OCH3 is 2. The highest BCUT2D eigenvalue weighted by Crippen LogP contribution is 2.13. The molecule has 1 aromatic rings. The van der Waals surface area contributed by atoms with Gasteiger partial charge in [-0.25, -0.2) is 4.39 Å². The van der Waals surface area contributed by atoms with Crippen LogP contribution in [0.5, 0.6) is 0 Å². The summed E-state index contributed by atoms with van der Waals surface area (Å²) in [4.78, 5) is 2.17. The molecule has 114 valence electrons. The fraction of sp³-hybridized carbons (Fsp3) is 0.600. The predicted molar refractivity (Wildman–Crippen MR) is 77.9 cm³/mol. The van der Waals surface area contributed by atoms with Gasteiger partial charge in [-0.2, -0.15) is 0 Å². The molecule has 0 fully saturated rings. The van der Waals surface area contributed by atoms with Crippen LogP contribution in [0.15, 0.2) is 18.2 Å². The van der Waals surface area contributed by atoms with E-state index in [4.69, 9.17) is 15.2 Å². The van der Waals surface area contributed by atoms with Gasteiger partial charge >= 0.3 is 0 Å². The maximum Gasteiger partial charge on any atom is 0.128 e. The Morgan fingerprint density at radius 2 is 1.90 bits per heavy atom. The maximum atomic E-state index is 14.0. The van der Waals surface area contributed by atoms with Gasteiger partial charge in [-0.05, 0) is 18.1 Å². The summed E-state index contributed by atoms with van der Waals surface area (Å²) in [5.41, 5.74) is 7.01. The first-order chi connectivity index (χ1) is 9.71. The van der Waals surface area contributed by atoms with Crippen molar-refractivity contribution in [2.75, 3.05) is 40.5 Å². The molecule has 0 saturated heterocycles. The first-order valence-corrected chi connectivity index (χ1v) is 6.88. The third-order valence-corrected chi connectivity index (χ3v) is 3.18. The second kappa shape index (κ2) is 9.83. The van der Waals surface area contributed by atoms with Crippen molar-refractivity contribution in [3.63, 3.8) is 0 Å². The van der Waals surface area contributed by atoms with Gasteiger partial charge in [0.05, 0.1) is 6.61 Å². The number of rotatable bonds is 10. The summed E-state index contributed by atoms with van der Waals surface area (Å²) in [5, 5.41) is 0. The number of ether oxygens (including phenoxy) is 2. The Balaban J connectivity index is 2.62. The first kappa shape index (κ1) is 17.0. The van der Waals surface area contributed by atoms with Crippen LogP contribution in [-0.4, -0.2) is 45.4 Å². The van der Waals surface area contributed by atoms with Crippen molar-refractivity contribution in [2.45, 2.75) is 19.5 Å². The molecule has 2 N–H and O–H groups in total. The number of hydrogen-bond donors (Lipinski definition) is 1. The molecule has 4 nitrogen and oxygen atoms in total. The average Bonchev–Trinajstić information content (AvgIpc) is 2.46. The third kappa shape index (κ3) is 5.96. The average molecular weight is 284 g/mol. The van der Waals surface area contributed by atoms with Crippen LogP contribution in [-0.2, 0) is 22.6 Å². The Kier molecular flexibility index (Phi) is 8.37. The molecule has 0 aromatic heterocycles. The van der Waals surface area contributed by atoms with Crippen molar-refractivity contribution >= 4 is 0 Å². The minimum atomic E-state index is -0.192. The van der Waals surface area contributed by atoms with Crippen molar-refractivity contribution in [1.29, 1.82) is 0 Å². The van der Waals surface area contributed by atoms with Gasteiger partial charge in [0, 0.05) is 52.6 Å². The van der Waals surface area contributed by atoms with E-state index in [1.54, 1.807) is 14.2 Å². The van der Waals surface area contributed by atoms with Crippen LogP contribution < -0.4 is 5.73 Å². The molecule has 0 spiro atoms. The van der Waals surface area contributed by atoms with E-state index in [9.17, 15) is 4.39 Å². The number of halogens is 1. The Labute approximate surface area is 120 Å². The van der Waals surface area contributed by atoms with Gasteiger partial charge in [0.1, 0.15) is 5.82 Å². The van der Waals surface area contributed by atoms with Gasteiger partial charge in [0.2, 0.25) is 0 Å². The molecule has 1 aromatic carbocycles. The molecule has 0 unspecified atom stereocenters. The Morgan fingerprint density at radius 1 is 1.15 bits per heavy atom. The largest absolute Gasteiger partial charge is 0.385 e. The van der Waals surface area contributed by atoms with E-state index >= 15 is 0 Å². The Morgan fingerprint density at radius 3 is 2.50 bits per heavy atom. The zero-order chi connectivity index (χ0) is 14.8. The molecule has 0 radical (unpaired) electrons. The number of nitrogens with two attached hydrogens (primary N) is 1. The summed E-state index contributed by atoms with van der Waals surface area (Å²) in [6.45, 7) is 3.91. The molecular weight excluding hydrogens is 259 g/mol. The fourth-order valence-electron chi connectivity index (χ4n) is 2.01. The standard InChI is InChI=1S/C15H25FN2O2/c1-19-8-3-6-18(7-9-20-2)12-14-5-4-13(11-17)10-15(14)16/h4-5,10H,3,6-9,11-12,17H2,1-2H3. The summed E-state index contributed by atoms with van der Waals surface area (Å²) < 4.78 is 24.1. The maximum absolute atomic E-state index is 14.0. The van der Waals surface area contributed by atoms with Crippen LogP contribution in [0, 0.1) is 5.82 Å². The predicted octanol–water partition coefficient (Wildman–Crippen LogP) is 1.77. The molecular formula is C15H25FN2O2. The smallest absolute Gasteiger partial charge is 0.128 e. The molecule has 0 atom stereocenters. The molecule has 1 rings (SSSR count). The molecule has 0 aliphatic carbocycles. The van der Waals surface area contributed by atoms with E-state index in [-0.39, 0.29) is 5.82 Å². The zero-order valence-electron chi connectivity index (χ0n) is 12.4. The highest BCUT2D eigenvalue weighted by atomic mass is 19.1. The van der Waals surface area contributed by atoms with E-state index in [1.807, 2.05) is 12.1 Å². The molecule has 5 heteroatoms. The van der Waals surface area contributed by atoms with Crippen molar-refractivity contribution < 1.29 is 13.9 Å². The highest BCUT2D eigenvalue weighted by molar-refractivity contribution is 5.24. The van der Waals surface area contributed by atoms with Crippen molar-refractivity contribution in [2.24, 2.45) is 5.73 Å². The van der Waals surface area contributed by atoms with Crippen LogP contribution >= 0.6 is 0 Å². The van der Waals surface area contributed by atoms with Gasteiger partial charge < -0.3 is 15.2 Å². The van der Waals surface area contributed by atoms with Gasteiger partial charge in [-0.1, -0.05) is 12.1 Å². The topological polar surface area (TPSA) is 47.7 Å². The minimum Gasteiger partial charge on any atom is -0.385 e. The molecule has 0 amide bonds. The lowest BCUT2D eigenvalue weighted by Crippen LogP contribution is -2.29. The Hall–Kier alpha value is -1.01. The van der Waals surface area contributed by atoms with Crippen molar-refractivity contribution in [3.8, 4) is 0 Å². The first-order valence-electron chi connectivity index (χ1n) is 6.88. The van der Waals surface area contributed by atoms with E-state index in [0.717, 1.165) is 25.1 Å². The SMILES string of the molecule is COCCCN(CCOC)Cc1ccc(CN)cc1F. The van der Waals surface area contributed by atoms with Gasteiger partial charge in [0.25, 0.3) is 0 Å². The van der Waals surface area contributed by atoms with Crippen molar-refractivity contribution in [3.05, 3.63) is 35.1 Å². The fourth-order valence-corrected chi connectivity index (χ4v) is 2.01. The monoisotopic (exact) mass is 284 g/mol. The lowest BCUT2D eigenvalue weighted by Gasteiger charge is -2.22. The number of hydrogen-bond acceptors (Lipinski definition) is 4. The third-order valence-electron chi connectivity index (χ3n) is 3.18. The van der Waals surface area contributed by atoms with Gasteiger partial charge in [0.15, 0.2) is 0 Å². The summed E-state index contributed by atoms with van der Waals surface area (Å²) in [7, 11) is 3.36. The van der Waals surface area contributed by atoms with Crippen LogP contribution in [0.3, 0.4) is 0 Å². The summed E-state index contributed by atoms with van der Waals surface area (Å²) >= 11 is 0. The number of benzene rings is 1. The normalized spacial score (nSPS) is 11.2. The summed E-state index contributed by atoms with van der Waals surface area (Å²) in [6, 6.07) is 5.20. The molecule has 0 aliphatic rings. The van der Waals surface area contributed by atoms with E-state index in [0.29, 0.717) is 31.9 Å². The molecule has 0 aliphatic heterocycles. The van der Waals surface area contributed by atoms with Gasteiger partial charge in [-0.3, -0.25) is 4.90 Å². The van der Waals surface area contributed by atoms with Crippen LogP contribution in [0.25, 0.3) is 0 Å². The quantitative estimate of drug-likeness (QED) is 0.665. The van der Waals surface area contributed by atoms with E-state index in [2.05, 4.69) is 4.90 Å². The minimum absolute atomic E-state index is 0.192. The lowest BCUT2D eigenvalue weighted by molar-refractivity contribution is 0.128. The second-order valence-electron chi connectivity index (χ2n) is 4.75. The van der Waals surface area contributed by atoms with Crippen LogP contribution in [0.2, 0.25) is 0 Å². The van der Waals surface area contributed by atoms with E-state index in [1.165, 1.54) is 6.07 Å². The molecule has 20 heavy (non-hydrogen) atoms. The highest BCUT2D eigenvalue weighted by Gasteiger charge is 2.10. The van der Waals surface area contributed by atoms with E-state index < -0.39 is 0 Å². The summed E-state index contributed by atoms with van der Waals surface area (Å²) in [6.07, 6.45) is 0.919. The molecule has 0 heterocycles. The second-order valence-corrected chi connectivity index (χ2v) is 4.75. The lowest BCUT2D eigenvalue weighted by atomic mass is 10.1. The Bertz CT molecular complexity index is 388. The van der Waals surface area contributed by atoms with Crippen molar-refractivity contribution in [1.82, 2.24) is 4.90 Å². The van der Waals surface area contributed by atoms with Gasteiger partial charge in [-0.15, -0.1) is 0 Å². The summed E-state index contributed by atoms with van der Waals surface area (Å²) in [5.74, 6) is -0.192.